The van der Waals surface area contributed by atoms with Gasteiger partial charge in [-0.1, -0.05) is 0 Å². The molecule has 0 saturated carbocycles. The summed E-state index contributed by atoms with van der Waals surface area (Å²) >= 11 is 3.57. The molecule has 7 heteroatoms. The maximum absolute atomic E-state index is 5.72. The highest BCUT2D eigenvalue weighted by molar-refractivity contribution is 9.10. The summed E-state index contributed by atoms with van der Waals surface area (Å²) in [5.74, 6) is 0.635. The third-order valence-corrected chi connectivity index (χ3v) is 5.81. The molecule has 2 N–H and O–H groups in total. The molecule has 1 aromatic heterocycles. The van der Waals surface area contributed by atoms with Gasteiger partial charge >= 0.3 is 0 Å². The van der Waals surface area contributed by atoms with Gasteiger partial charge in [0.05, 0.1) is 16.3 Å². The Bertz CT molecular complexity index is 743. The van der Waals surface area contributed by atoms with E-state index in [1.54, 1.807) is 0 Å². The second kappa shape index (κ2) is 8.99. The summed E-state index contributed by atoms with van der Waals surface area (Å²) in [7, 11) is 0. The lowest BCUT2D eigenvalue weighted by molar-refractivity contribution is 0.104. The Labute approximate surface area is 168 Å². The molecule has 2 fully saturated rings. The lowest BCUT2D eigenvalue weighted by atomic mass is 10.1. The van der Waals surface area contributed by atoms with Crippen molar-refractivity contribution < 1.29 is 4.74 Å². The van der Waals surface area contributed by atoms with E-state index >= 15 is 0 Å². The molecule has 2 saturated heterocycles. The predicted molar refractivity (Wildman–Crippen MR) is 112 cm³/mol. The lowest BCUT2D eigenvalue weighted by Crippen LogP contribution is -2.43. The second-order valence-corrected chi connectivity index (χ2v) is 7.93. The molecule has 2 aliphatic heterocycles. The molecule has 2 aromatic rings. The van der Waals surface area contributed by atoms with Gasteiger partial charge in [-0.3, -0.25) is 0 Å². The summed E-state index contributed by atoms with van der Waals surface area (Å²) in [6.45, 7) is 5.09. The zero-order valence-electron chi connectivity index (χ0n) is 15.5. The summed E-state index contributed by atoms with van der Waals surface area (Å²) in [5.41, 5.74) is 3.29. The first-order valence-electron chi connectivity index (χ1n) is 9.74. The monoisotopic (exact) mass is 431 g/mol. The van der Waals surface area contributed by atoms with Crippen molar-refractivity contribution in [3.05, 3.63) is 40.6 Å². The third-order valence-electron chi connectivity index (χ3n) is 5.15. The fourth-order valence-electron chi connectivity index (χ4n) is 3.62. The minimum absolute atomic E-state index is 0.376. The average Bonchev–Trinajstić information content (AvgIpc) is 3.23. The van der Waals surface area contributed by atoms with E-state index in [-0.39, 0.29) is 0 Å². The quantitative estimate of drug-likeness (QED) is 0.729. The van der Waals surface area contributed by atoms with Gasteiger partial charge in [-0.2, -0.15) is 0 Å². The number of ether oxygens (including phenoxy) is 1. The van der Waals surface area contributed by atoms with Crippen molar-refractivity contribution in [1.29, 1.82) is 0 Å². The minimum Gasteiger partial charge on any atom is -0.378 e. The zero-order valence-corrected chi connectivity index (χ0v) is 17.0. The van der Waals surface area contributed by atoms with Crippen molar-refractivity contribution in [2.24, 2.45) is 0 Å². The SMILES string of the molecule is Brc1cnc(Nc2ccc(N3CCNCC3)cc2)nc1CCC1CCCO1. The van der Waals surface area contributed by atoms with Gasteiger partial charge in [-0.15, -0.1) is 0 Å². The maximum atomic E-state index is 5.72. The van der Waals surface area contributed by atoms with Crippen LogP contribution in [0.2, 0.25) is 0 Å². The Morgan fingerprint density at radius 2 is 2.04 bits per heavy atom. The fourth-order valence-corrected chi connectivity index (χ4v) is 4.00. The maximum Gasteiger partial charge on any atom is 0.227 e. The highest BCUT2D eigenvalue weighted by atomic mass is 79.9. The fraction of sp³-hybridized carbons (Fsp3) is 0.500. The molecule has 0 radical (unpaired) electrons. The first kappa shape index (κ1) is 18.7. The van der Waals surface area contributed by atoms with Crippen LogP contribution in [0.1, 0.15) is 25.0 Å². The highest BCUT2D eigenvalue weighted by Crippen LogP contribution is 2.24. The van der Waals surface area contributed by atoms with E-state index in [1.165, 1.54) is 12.1 Å². The molecule has 0 aliphatic carbocycles. The van der Waals surface area contributed by atoms with Gasteiger partial charge in [0.25, 0.3) is 0 Å². The number of hydrogen-bond donors (Lipinski definition) is 2. The number of nitrogens with one attached hydrogen (secondary N) is 2. The first-order valence-corrected chi connectivity index (χ1v) is 10.5. The van der Waals surface area contributed by atoms with Crippen LogP contribution in [0.25, 0.3) is 0 Å². The normalized spacial score (nSPS) is 20.0. The Balaban J connectivity index is 1.38. The molecule has 0 spiro atoms. The molecule has 1 unspecified atom stereocenters. The van der Waals surface area contributed by atoms with Crippen LogP contribution in [0.4, 0.5) is 17.3 Å². The van der Waals surface area contributed by atoms with E-state index < -0.39 is 0 Å². The van der Waals surface area contributed by atoms with Crippen molar-refractivity contribution in [2.75, 3.05) is 43.0 Å². The van der Waals surface area contributed by atoms with Gasteiger partial charge in [-0.25, -0.2) is 9.97 Å². The number of aryl methyl sites for hydroxylation is 1. The van der Waals surface area contributed by atoms with Gasteiger partial charge < -0.3 is 20.3 Å². The van der Waals surface area contributed by atoms with E-state index in [0.717, 1.165) is 67.9 Å². The molecule has 0 bridgehead atoms. The molecule has 6 nitrogen and oxygen atoms in total. The largest absolute Gasteiger partial charge is 0.378 e. The molecular weight excluding hydrogens is 406 g/mol. The molecular formula is C20H26BrN5O. The lowest BCUT2D eigenvalue weighted by Gasteiger charge is -2.29. The van der Waals surface area contributed by atoms with Crippen LogP contribution in [0.15, 0.2) is 34.9 Å². The van der Waals surface area contributed by atoms with Crippen LogP contribution in [-0.4, -0.2) is 48.9 Å². The summed E-state index contributed by atoms with van der Waals surface area (Å²) in [5, 5.41) is 6.71. The van der Waals surface area contributed by atoms with Crippen molar-refractivity contribution >= 4 is 33.3 Å². The van der Waals surface area contributed by atoms with Crippen LogP contribution in [0.3, 0.4) is 0 Å². The number of nitrogens with zero attached hydrogens (tertiary/aromatic N) is 3. The molecule has 4 rings (SSSR count). The average molecular weight is 432 g/mol. The number of halogens is 1. The number of piperazine rings is 1. The third kappa shape index (κ3) is 4.97. The second-order valence-electron chi connectivity index (χ2n) is 7.07. The predicted octanol–water partition coefficient (Wildman–Crippen LogP) is 3.50. The van der Waals surface area contributed by atoms with E-state index in [2.05, 4.69) is 60.7 Å². The molecule has 144 valence electrons. The van der Waals surface area contributed by atoms with Crippen molar-refractivity contribution in [3.63, 3.8) is 0 Å². The Kier molecular flexibility index (Phi) is 6.21. The standard InChI is InChI=1S/C20H26BrN5O/c21-18-14-23-20(25-19(18)8-7-17-2-1-13-27-17)24-15-3-5-16(6-4-15)26-11-9-22-10-12-26/h3-6,14,17,22H,1-2,7-13H2,(H,23,24,25). The Morgan fingerprint density at radius 1 is 1.22 bits per heavy atom. The molecule has 2 aliphatic rings. The highest BCUT2D eigenvalue weighted by Gasteiger charge is 2.16. The molecule has 27 heavy (non-hydrogen) atoms. The molecule has 1 aromatic carbocycles. The van der Waals surface area contributed by atoms with Crippen molar-refractivity contribution in [3.8, 4) is 0 Å². The van der Waals surface area contributed by atoms with E-state index in [9.17, 15) is 0 Å². The van der Waals surface area contributed by atoms with Gasteiger partial charge in [0.2, 0.25) is 5.95 Å². The summed E-state index contributed by atoms with van der Waals surface area (Å²) in [6.07, 6.45) is 6.44. The summed E-state index contributed by atoms with van der Waals surface area (Å²) in [6, 6.07) is 8.50. The smallest absolute Gasteiger partial charge is 0.227 e. The van der Waals surface area contributed by atoms with Crippen LogP contribution >= 0.6 is 15.9 Å². The zero-order chi connectivity index (χ0) is 18.5. The Morgan fingerprint density at radius 3 is 2.78 bits per heavy atom. The van der Waals surface area contributed by atoms with E-state index in [0.29, 0.717) is 12.1 Å². The number of rotatable bonds is 6. The van der Waals surface area contributed by atoms with Gasteiger partial charge in [-0.05, 0) is 65.9 Å². The van der Waals surface area contributed by atoms with Gasteiger partial charge in [0.15, 0.2) is 0 Å². The van der Waals surface area contributed by atoms with Gasteiger partial charge in [0.1, 0.15) is 0 Å². The summed E-state index contributed by atoms with van der Waals surface area (Å²) in [4.78, 5) is 11.5. The number of benzene rings is 1. The van der Waals surface area contributed by atoms with Crippen molar-refractivity contribution in [1.82, 2.24) is 15.3 Å². The first-order chi connectivity index (χ1) is 13.3. The topological polar surface area (TPSA) is 62.3 Å². The van der Waals surface area contributed by atoms with Crippen LogP contribution in [0.5, 0.6) is 0 Å². The Hall–Kier alpha value is -1.70. The van der Waals surface area contributed by atoms with Crippen LogP contribution < -0.4 is 15.5 Å². The number of anilines is 3. The van der Waals surface area contributed by atoms with E-state index in [1.807, 2.05) is 6.20 Å². The van der Waals surface area contributed by atoms with E-state index in [4.69, 9.17) is 9.72 Å². The minimum atomic E-state index is 0.376. The van der Waals surface area contributed by atoms with Crippen molar-refractivity contribution in [2.45, 2.75) is 31.8 Å². The number of aromatic nitrogens is 2. The van der Waals surface area contributed by atoms with Gasteiger partial charge in [0, 0.05) is 50.4 Å². The van der Waals surface area contributed by atoms with Crippen LogP contribution in [0, 0.1) is 0 Å². The molecule has 1 atom stereocenters. The number of hydrogen-bond acceptors (Lipinski definition) is 6. The van der Waals surface area contributed by atoms with Crippen LogP contribution in [-0.2, 0) is 11.2 Å². The summed E-state index contributed by atoms with van der Waals surface area (Å²) < 4.78 is 6.68. The molecule has 0 amide bonds. The molecule has 3 heterocycles.